The summed E-state index contributed by atoms with van der Waals surface area (Å²) in [5.74, 6) is 0.915. The largest absolute Gasteiger partial charge is 0.467 e. The van der Waals surface area contributed by atoms with Crippen molar-refractivity contribution in [2.24, 2.45) is 5.11 Å². The van der Waals surface area contributed by atoms with Gasteiger partial charge in [0.25, 0.3) is 0 Å². The Labute approximate surface area is 75.4 Å². The van der Waals surface area contributed by atoms with Crippen LogP contribution in [0, 0.1) is 0 Å². The van der Waals surface area contributed by atoms with Crippen LogP contribution in [-0.4, -0.2) is 13.1 Å². The number of hydrogen-bond acceptors (Lipinski definition) is 3. The van der Waals surface area contributed by atoms with Gasteiger partial charge in [0, 0.05) is 11.5 Å². The van der Waals surface area contributed by atoms with Crippen LogP contribution in [0.15, 0.2) is 21.9 Å². The third-order valence-electron chi connectivity index (χ3n) is 2.21. The standard InChI is InChI=1S/C8H10N4O/c9-12-11-5-7-8-6(1-3-10-7)2-4-13-8/h2,4,7,10H,1,3,5H2. The van der Waals surface area contributed by atoms with Crippen LogP contribution in [-0.2, 0) is 6.42 Å². The molecule has 1 aliphatic rings. The Kier molecular flexibility index (Phi) is 2.21. The molecule has 0 aliphatic carbocycles. The van der Waals surface area contributed by atoms with E-state index in [1.54, 1.807) is 6.26 Å². The fraction of sp³-hybridized carbons (Fsp3) is 0.500. The lowest BCUT2D eigenvalue weighted by atomic mass is 10.0. The van der Waals surface area contributed by atoms with Crippen LogP contribution >= 0.6 is 0 Å². The van der Waals surface area contributed by atoms with Crippen LogP contribution in [0.5, 0.6) is 0 Å². The van der Waals surface area contributed by atoms with Gasteiger partial charge >= 0.3 is 0 Å². The van der Waals surface area contributed by atoms with Gasteiger partial charge in [0.1, 0.15) is 5.76 Å². The van der Waals surface area contributed by atoms with E-state index in [1.165, 1.54) is 5.56 Å². The minimum Gasteiger partial charge on any atom is -0.467 e. The van der Waals surface area contributed by atoms with Crippen molar-refractivity contribution in [1.82, 2.24) is 5.32 Å². The Morgan fingerprint density at radius 1 is 1.77 bits per heavy atom. The molecule has 2 rings (SSSR count). The lowest BCUT2D eigenvalue weighted by Crippen LogP contribution is -2.30. The number of azide groups is 1. The summed E-state index contributed by atoms with van der Waals surface area (Å²) in [4.78, 5) is 2.73. The van der Waals surface area contributed by atoms with Gasteiger partial charge in [-0.2, -0.15) is 0 Å². The number of furan rings is 1. The lowest BCUT2D eigenvalue weighted by Gasteiger charge is -2.20. The minimum absolute atomic E-state index is 0.0506. The molecule has 1 N–H and O–H groups in total. The number of nitrogens with one attached hydrogen (secondary N) is 1. The molecule has 1 aromatic rings. The first-order valence-corrected chi connectivity index (χ1v) is 4.22. The second-order valence-corrected chi connectivity index (χ2v) is 2.98. The maximum absolute atomic E-state index is 8.20. The first-order chi connectivity index (χ1) is 6.42. The molecule has 0 saturated carbocycles. The van der Waals surface area contributed by atoms with Gasteiger partial charge in [0.15, 0.2) is 0 Å². The Balaban J connectivity index is 2.19. The summed E-state index contributed by atoms with van der Waals surface area (Å²) >= 11 is 0. The Bertz CT molecular complexity index is 340. The zero-order valence-electron chi connectivity index (χ0n) is 7.10. The summed E-state index contributed by atoms with van der Waals surface area (Å²) in [6.07, 6.45) is 2.67. The van der Waals surface area contributed by atoms with E-state index in [1.807, 2.05) is 6.07 Å². The molecule has 1 atom stereocenters. The van der Waals surface area contributed by atoms with Crippen LogP contribution in [0.3, 0.4) is 0 Å². The summed E-state index contributed by atoms with van der Waals surface area (Å²) in [5, 5.41) is 6.77. The van der Waals surface area contributed by atoms with E-state index in [4.69, 9.17) is 9.95 Å². The highest BCUT2D eigenvalue weighted by Gasteiger charge is 2.21. The summed E-state index contributed by atoms with van der Waals surface area (Å²) in [7, 11) is 0. The Hall–Kier alpha value is -1.45. The molecule has 2 heterocycles. The molecule has 0 amide bonds. The third kappa shape index (κ3) is 1.52. The van der Waals surface area contributed by atoms with Crippen molar-refractivity contribution >= 4 is 0 Å². The highest BCUT2D eigenvalue weighted by atomic mass is 16.3. The molecule has 0 aromatic carbocycles. The quantitative estimate of drug-likeness (QED) is 0.425. The molecule has 0 radical (unpaired) electrons. The predicted molar refractivity (Wildman–Crippen MR) is 47.2 cm³/mol. The van der Waals surface area contributed by atoms with E-state index in [2.05, 4.69) is 15.3 Å². The van der Waals surface area contributed by atoms with Crippen molar-refractivity contribution in [2.75, 3.05) is 13.1 Å². The molecule has 0 spiro atoms. The molecule has 0 fully saturated rings. The lowest BCUT2D eigenvalue weighted by molar-refractivity contribution is 0.396. The molecule has 1 aromatic heterocycles. The van der Waals surface area contributed by atoms with E-state index in [9.17, 15) is 0 Å². The van der Waals surface area contributed by atoms with Gasteiger partial charge in [-0.15, -0.1) is 0 Å². The van der Waals surface area contributed by atoms with E-state index in [0.29, 0.717) is 6.54 Å². The number of rotatable bonds is 2. The van der Waals surface area contributed by atoms with Gasteiger partial charge < -0.3 is 9.73 Å². The number of fused-ring (bicyclic) bond motifs is 1. The Morgan fingerprint density at radius 3 is 3.54 bits per heavy atom. The van der Waals surface area contributed by atoms with Crippen LogP contribution < -0.4 is 5.32 Å². The maximum Gasteiger partial charge on any atom is 0.124 e. The molecule has 1 unspecified atom stereocenters. The van der Waals surface area contributed by atoms with Gasteiger partial charge in [-0.25, -0.2) is 0 Å². The second-order valence-electron chi connectivity index (χ2n) is 2.98. The number of nitrogens with zero attached hydrogens (tertiary/aromatic N) is 3. The first-order valence-electron chi connectivity index (χ1n) is 4.22. The van der Waals surface area contributed by atoms with Crippen LogP contribution in [0.2, 0.25) is 0 Å². The summed E-state index contributed by atoms with van der Waals surface area (Å²) in [5.41, 5.74) is 9.41. The highest BCUT2D eigenvalue weighted by molar-refractivity contribution is 5.23. The molecule has 0 bridgehead atoms. The SMILES string of the molecule is [N-]=[N+]=NCC1NCCc2ccoc21. The van der Waals surface area contributed by atoms with Crippen molar-refractivity contribution in [2.45, 2.75) is 12.5 Å². The zero-order chi connectivity index (χ0) is 9.10. The van der Waals surface area contributed by atoms with E-state index >= 15 is 0 Å². The van der Waals surface area contributed by atoms with Gasteiger partial charge in [0.05, 0.1) is 12.3 Å². The maximum atomic E-state index is 8.20. The number of hydrogen-bond donors (Lipinski definition) is 1. The molecule has 13 heavy (non-hydrogen) atoms. The molecule has 0 saturated heterocycles. The second kappa shape index (κ2) is 3.51. The zero-order valence-corrected chi connectivity index (χ0v) is 7.10. The van der Waals surface area contributed by atoms with E-state index < -0.39 is 0 Å². The summed E-state index contributed by atoms with van der Waals surface area (Å²) in [6, 6.07) is 2.02. The average molecular weight is 178 g/mol. The fourth-order valence-corrected chi connectivity index (χ4v) is 1.60. The van der Waals surface area contributed by atoms with E-state index in [0.717, 1.165) is 18.7 Å². The molecule has 68 valence electrons. The molecular formula is C8H10N4O. The fourth-order valence-electron chi connectivity index (χ4n) is 1.60. The first kappa shape index (κ1) is 8.16. The topological polar surface area (TPSA) is 73.9 Å². The average Bonchev–Trinajstić information content (AvgIpc) is 2.62. The van der Waals surface area contributed by atoms with E-state index in [-0.39, 0.29) is 6.04 Å². The van der Waals surface area contributed by atoms with Crippen LogP contribution in [0.4, 0.5) is 0 Å². The van der Waals surface area contributed by atoms with Crippen molar-refractivity contribution in [3.63, 3.8) is 0 Å². The monoisotopic (exact) mass is 178 g/mol. The van der Waals surface area contributed by atoms with Gasteiger partial charge in [0.2, 0.25) is 0 Å². The van der Waals surface area contributed by atoms with Crippen molar-refractivity contribution in [3.05, 3.63) is 34.1 Å². The molecule has 1 aliphatic heterocycles. The van der Waals surface area contributed by atoms with Crippen LogP contribution in [0.1, 0.15) is 17.4 Å². The molecule has 5 nitrogen and oxygen atoms in total. The molecule has 5 heteroatoms. The van der Waals surface area contributed by atoms with Gasteiger partial charge in [-0.1, -0.05) is 5.11 Å². The predicted octanol–water partition coefficient (Wildman–Crippen LogP) is 1.78. The highest BCUT2D eigenvalue weighted by Crippen LogP contribution is 2.23. The Morgan fingerprint density at radius 2 is 2.69 bits per heavy atom. The van der Waals surface area contributed by atoms with Gasteiger partial charge in [-0.05, 0) is 30.1 Å². The van der Waals surface area contributed by atoms with Crippen molar-refractivity contribution < 1.29 is 4.42 Å². The molecular weight excluding hydrogens is 168 g/mol. The summed E-state index contributed by atoms with van der Waals surface area (Å²) in [6.45, 7) is 1.33. The minimum atomic E-state index is 0.0506. The van der Waals surface area contributed by atoms with Crippen LogP contribution in [0.25, 0.3) is 10.4 Å². The van der Waals surface area contributed by atoms with Crippen molar-refractivity contribution in [3.8, 4) is 0 Å². The van der Waals surface area contributed by atoms with Crippen molar-refractivity contribution in [1.29, 1.82) is 0 Å². The normalized spacial score (nSPS) is 20.5. The third-order valence-corrected chi connectivity index (χ3v) is 2.21. The summed E-state index contributed by atoms with van der Waals surface area (Å²) < 4.78 is 5.32. The van der Waals surface area contributed by atoms with Gasteiger partial charge in [-0.3, -0.25) is 0 Å². The smallest absolute Gasteiger partial charge is 0.124 e.